The number of nitrogens with zero attached hydrogens (tertiary/aromatic N) is 3. The van der Waals surface area contributed by atoms with E-state index in [0.717, 1.165) is 24.0 Å². The van der Waals surface area contributed by atoms with Crippen LogP contribution in [-0.4, -0.2) is 82.3 Å². The predicted molar refractivity (Wildman–Crippen MR) is 216 cm³/mol. The van der Waals surface area contributed by atoms with E-state index in [1.54, 1.807) is 53.6 Å². The third kappa shape index (κ3) is 8.63. The Kier molecular flexibility index (Phi) is 12.1. The number of esters is 1. The van der Waals surface area contributed by atoms with E-state index in [-0.39, 0.29) is 47.6 Å². The van der Waals surface area contributed by atoms with E-state index in [2.05, 4.69) is 22.3 Å². The second-order valence-corrected chi connectivity index (χ2v) is 18.7. The number of likely N-dealkylation sites (tertiary alicyclic amines) is 1. The van der Waals surface area contributed by atoms with E-state index < -0.39 is 43.4 Å². The highest BCUT2D eigenvalue weighted by Crippen LogP contribution is 2.58. The van der Waals surface area contributed by atoms with Crippen molar-refractivity contribution in [3.05, 3.63) is 94.6 Å². The number of halogens is 1. The molecule has 57 heavy (non-hydrogen) atoms. The minimum Gasteiger partial charge on any atom is -0.465 e. The molecule has 2 aromatic carbocycles. The van der Waals surface area contributed by atoms with Gasteiger partial charge >= 0.3 is 13.5 Å². The molecule has 4 aromatic rings. The number of thiophene rings is 1. The average molecular weight is 818 g/mol. The molecule has 15 heteroatoms. The molecule has 7 rings (SSSR count). The number of fused-ring (bicyclic) bond motifs is 2. The smallest absolute Gasteiger partial charge is 0.355 e. The molecule has 0 saturated carbocycles. The molecule has 302 valence electrons. The Morgan fingerprint density at radius 1 is 1.07 bits per heavy atom. The normalized spacial score (nSPS) is 23.1. The summed E-state index contributed by atoms with van der Waals surface area (Å²) >= 11 is 1.19. The van der Waals surface area contributed by atoms with Gasteiger partial charge in [0.25, 0.3) is 5.91 Å². The van der Waals surface area contributed by atoms with Gasteiger partial charge in [-0.05, 0) is 110 Å². The van der Waals surface area contributed by atoms with Crippen LogP contribution in [0.2, 0.25) is 0 Å². The number of carbonyl (C=O) groups excluding carboxylic acids is 4. The number of aryl methyl sites for hydroxylation is 1. The maximum absolute atomic E-state index is 16.5. The van der Waals surface area contributed by atoms with Gasteiger partial charge < -0.3 is 24.4 Å². The largest absolute Gasteiger partial charge is 0.465 e. The quantitative estimate of drug-likeness (QED) is 0.105. The molecular formula is C42H49FN5O7PS. The lowest BCUT2D eigenvalue weighted by atomic mass is 9.89. The fraction of sp³-hybridized carbons (Fsp3) is 0.452. The van der Waals surface area contributed by atoms with Crippen LogP contribution in [0.25, 0.3) is 10.1 Å². The van der Waals surface area contributed by atoms with E-state index in [9.17, 15) is 23.7 Å². The molecule has 2 aromatic heterocycles. The summed E-state index contributed by atoms with van der Waals surface area (Å²) in [7, 11) is -4.44. The second-order valence-electron chi connectivity index (χ2n) is 15.5. The summed E-state index contributed by atoms with van der Waals surface area (Å²) in [6.45, 7) is 8.73. The minimum atomic E-state index is -4.44. The zero-order valence-corrected chi connectivity index (χ0v) is 34.3. The lowest BCUT2D eigenvalue weighted by Crippen LogP contribution is -2.58. The van der Waals surface area contributed by atoms with E-state index in [1.165, 1.54) is 30.4 Å². The van der Waals surface area contributed by atoms with Crippen LogP contribution in [0.4, 0.5) is 4.39 Å². The lowest BCUT2D eigenvalue weighted by molar-refractivity contribution is -0.148. The molecule has 3 aliphatic heterocycles. The van der Waals surface area contributed by atoms with Crippen molar-refractivity contribution in [1.82, 2.24) is 25.2 Å². The molecule has 2 N–H and O–H groups in total. The molecule has 12 nitrogen and oxygen atoms in total. The standard InChI is InChI=1S/C42H49FN5O7PS/c1-5-17-54-42(52)27(4)46-56(53,55-32-9-7-6-8-10-32)38(43)28-11-14-36-29(20-28)21-37(57-36)39(49)45-34-19-25(2)18-31-12-13-35(48(31)40(34)50)41(51)47-23-30(24-47)33-22-44-16-15-26(33)3/h6-11,14-16,20-22,25,27,30-31,34-35,38H,5,12-13,17-19,23-24H2,1-4H3,(H,45,49)(H,46,53)/t25-,27-,31+,34-,35-,38-,56+/m0/s1. The first-order valence-corrected chi connectivity index (χ1v) is 22.1. The summed E-state index contributed by atoms with van der Waals surface area (Å²) in [6.07, 6.45) is 6.74. The molecule has 3 amide bonds. The number of alkyl halides is 1. The first-order valence-electron chi connectivity index (χ1n) is 19.6. The maximum Gasteiger partial charge on any atom is 0.355 e. The summed E-state index contributed by atoms with van der Waals surface area (Å²) in [5.74, 6) is -3.10. The van der Waals surface area contributed by atoms with Crippen LogP contribution in [0.15, 0.2) is 73.1 Å². The Balaban J connectivity index is 1.05. The van der Waals surface area contributed by atoms with Crippen molar-refractivity contribution in [2.24, 2.45) is 5.92 Å². The Morgan fingerprint density at radius 2 is 1.84 bits per heavy atom. The summed E-state index contributed by atoms with van der Waals surface area (Å²) < 4.78 is 42.4. The number of pyridine rings is 1. The molecule has 0 radical (unpaired) electrons. The van der Waals surface area contributed by atoms with Gasteiger partial charge in [0.15, 0.2) is 0 Å². The van der Waals surface area contributed by atoms with Gasteiger partial charge in [0.05, 0.1) is 11.5 Å². The van der Waals surface area contributed by atoms with Gasteiger partial charge in [-0.25, -0.2) is 9.48 Å². The molecule has 3 aliphatic rings. The van der Waals surface area contributed by atoms with Gasteiger partial charge in [0.2, 0.25) is 17.7 Å². The molecule has 0 spiro atoms. The summed E-state index contributed by atoms with van der Waals surface area (Å²) in [5.41, 5.74) is 2.31. The zero-order chi connectivity index (χ0) is 40.4. The number of amides is 3. The molecule has 0 bridgehead atoms. The number of para-hydroxylation sites is 1. The highest BCUT2D eigenvalue weighted by Gasteiger charge is 2.49. The summed E-state index contributed by atoms with van der Waals surface area (Å²) in [6, 6.07) is 13.8. The van der Waals surface area contributed by atoms with Crippen LogP contribution < -0.4 is 14.9 Å². The third-order valence-corrected chi connectivity index (χ3v) is 14.4. The van der Waals surface area contributed by atoms with Crippen molar-refractivity contribution in [1.29, 1.82) is 0 Å². The predicted octanol–water partition coefficient (Wildman–Crippen LogP) is 7.29. The van der Waals surface area contributed by atoms with Crippen LogP contribution in [0, 0.1) is 12.8 Å². The number of aromatic nitrogens is 1. The van der Waals surface area contributed by atoms with Gasteiger partial charge in [-0.1, -0.05) is 38.1 Å². The molecule has 5 heterocycles. The van der Waals surface area contributed by atoms with Crippen molar-refractivity contribution >= 4 is 52.6 Å². The van der Waals surface area contributed by atoms with Crippen molar-refractivity contribution in [2.45, 2.75) is 95.8 Å². The lowest BCUT2D eigenvalue weighted by Gasteiger charge is -2.43. The number of carbonyl (C=O) groups is 4. The second kappa shape index (κ2) is 17.1. The van der Waals surface area contributed by atoms with E-state index in [4.69, 9.17) is 9.26 Å². The van der Waals surface area contributed by atoms with E-state index in [1.807, 2.05) is 31.0 Å². The number of benzene rings is 2. The topological polar surface area (TPSA) is 147 Å². The number of hydrogen-bond donors (Lipinski definition) is 2. The number of nitrogens with one attached hydrogen (secondary N) is 2. The number of rotatable bonds is 13. The Hall–Kier alpha value is -4.65. The van der Waals surface area contributed by atoms with Crippen LogP contribution in [-0.2, 0) is 23.7 Å². The van der Waals surface area contributed by atoms with Crippen LogP contribution in [0.3, 0.4) is 0 Å². The molecule has 3 fully saturated rings. The van der Waals surface area contributed by atoms with Crippen molar-refractivity contribution < 1.29 is 37.4 Å². The van der Waals surface area contributed by atoms with Gasteiger partial charge in [0.1, 0.15) is 23.9 Å². The Morgan fingerprint density at radius 3 is 2.58 bits per heavy atom. The van der Waals surface area contributed by atoms with Crippen molar-refractivity contribution in [2.75, 3.05) is 19.7 Å². The van der Waals surface area contributed by atoms with Gasteiger partial charge in [-0.15, -0.1) is 11.3 Å². The maximum atomic E-state index is 16.5. The molecule has 7 atom stereocenters. The van der Waals surface area contributed by atoms with Crippen LogP contribution >= 0.6 is 18.9 Å². The van der Waals surface area contributed by atoms with Crippen molar-refractivity contribution in [3.8, 4) is 5.75 Å². The molecule has 3 saturated heterocycles. The highest BCUT2D eigenvalue weighted by atomic mass is 32.1. The Bertz CT molecular complexity index is 2180. The van der Waals surface area contributed by atoms with Crippen LogP contribution in [0.1, 0.15) is 91.1 Å². The number of hydrogen-bond acceptors (Lipinski definition) is 9. The van der Waals surface area contributed by atoms with Gasteiger partial charge in [-0.2, -0.15) is 0 Å². The highest BCUT2D eigenvalue weighted by molar-refractivity contribution is 7.57. The first-order chi connectivity index (χ1) is 27.3. The monoisotopic (exact) mass is 817 g/mol. The first kappa shape index (κ1) is 40.5. The third-order valence-electron chi connectivity index (χ3n) is 11.2. The van der Waals surface area contributed by atoms with Crippen LogP contribution in [0.5, 0.6) is 5.75 Å². The molecule has 0 unspecified atom stereocenters. The fourth-order valence-electron chi connectivity index (χ4n) is 8.20. The van der Waals surface area contributed by atoms with E-state index in [0.29, 0.717) is 47.3 Å². The Labute approximate surface area is 336 Å². The number of ether oxygens (including phenoxy) is 1. The molecular weight excluding hydrogens is 769 g/mol. The molecule has 0 aliphatic carbocycles. The minimum absolute atomic E-state index is 0.0285. The zero-order valence-electron chi connectivity index (χ0n) is 32.6. The fourth-order valence-corrected chi connectivity index (χ4v) is 11.1. The van der Waals surface area contributed by atoms with Gasteiger partial charge in [0, 0.05) is 42.1 Å². The SMILES string of the molecule is CCCOC(=O)[C@H](C)N[P@](=O)(Oc1ccccc1)[C@H](F)c1ccc2sc(C(=O)N[C@H]3C[C@@H](C)C[C@H]4CC[C@@H](C(=O)N5CC(c6cnccc6C)C5)N4C3=O)cc2c1. The average Bonchev–Trinajstić information content (AvgIpc) is 3.78. The van der Waals surface area contributed by atoms with Gasteiger partial charge in [-0.3, -0.25) is 28.7 Å². The summed E-state index contributed by atoms with van der Waals surface area (Å²) in [5, 5.41) is 6.09. The summed E-state index contributed by atoms with van der Waals surface area (Å²) in [4.78, 5) is 62.6. The van der Waals surface area contributed by atoms with Crippen molar-refractivity contribution in [3.63, 3.8) is 0 Å². The van der Waals surface area contributed by atoms with E-state index >= 15 is 4.39 Å².